The van der Waals surface area contributed by atoms with Gasteiger partial charge in [0.15, 0.2) is 0 Å². The van der Waals surface area contributed by atoms with Crippen molar-refractivity contribution in [2.45, 2.75) is 5.03 Å². The molecule has 0 aromatic carbocycles. The first kappa shape index (κ1) is 11.6. The Balaban J connectivity index is 3.23. The van der Waals surface area contributed by atoms with Gasteiger partial charge in [0.05, 0.1) is 24.8 Å². The van der Waals surface area contributed by atoms with E-state index in [9.17, 15) is 9.59 Å². The van der Waals surface area contributed by atoms with Crippen molar-refractivity contribution < 1.29 is 19.1 Å². The molecule has 1 rings (SSSR count). The van der Waals surface area contributed by atoms with Crippen LogP contribution in [0.1, 0.15) is 20.7 Å². The van der Waals surface area contributed by atoms with E-state index in [1.54, 1.807) is 6.26 Å². The number of methoxy groups -OCH3 is 2. The van der Waals surface area contributed by atoms with E-state index in [4.69, 9.17) is 0 Å². The molecule has 1 N–H and O–H groups in total. The molecule has 82 valence electrons. The Labute approximate surface area is 91.1 Å². The largest absolute Gasteiger partial charge is 0.465 e. The summed E-state index contributed by atoms with van der Waals surface area (Å²) in [5.41, 5.74) is 0.408. The Kier molecular flexibility index (Phi) is 3.79. The summed E-state index contributed by atoms with van der Waals surface area (Å²) in [6.07, 6.45) is 3.23. The number of H-pyrrole nitrogens is 1. The van der Waals surface area contributed by atoms with Crippen molar-refractivity contribution in [1.29, 1.82) is 0 Å². The fourth-order valence-electron chi connectivity index (χ4n) is 1.14. The number of carbonyl (C=O) groups is 2. The molecule has 5 nitrogen and oxygen atoms in total. The number of aromatic nitrogens is 1. The lowest BCUT2D eigenvalue weighted by molar-refractivity contribution is 0.0554. The maximum absolute atomic E-state index is 11.4. The minimum atomic E-state index is -0.563. The van der Waals surface area contributed by atoms with E-state index in [-0.39, 0.29) is 11.1 Å². The van der Waals surface area contributed by atoms with Gasteiger partial charge in [-0.1, -0.05) is 0 Å². The molecule has 15 heavy (non-hydrogen) atoms. The Bertz CT molecular complexity index is 385. The summed E-state index contributed by atoms with van der Waals surface area (Å²) in [6.45, 7) is 0. The lowest BCUT2D eigenvalue weighted by Gasteiger charge is -2.02. The van der Waals surface area contributed by atoms with E-state index in [1.807, 2.05) is 0 Å². The standard InChI is InChI=1S/C9H11NO4S/c1-13-8(11)5-4-10-7(15-3)6(5)9(12)14-2/h4,10H,1-3H3. The van der Waals surface area contributed by atoms with Gasteiger partial charge in [0.1, 0.15) is 5.56 Å². The number of ether oxygens (including phenoxy) is 2. The molecule has 1 aromatic rings. The predicted molar refractivity (Wildman–Crippen MR) is 55.3 cm³/mol. The van der Waals surface area contributed by atoms with Gasteiger partial charge in [-0.05, 0) is 6.26 Å². The molecule has 0 aliphatic carbocycles. The minimum absolute atomic E-state index is 0.189. The fraction of sp³-hybridized carbons (Fsp3) is 0.333. The molecule has 6 heteroatoms. The zero-order valence-corrected chi connectivity index (χ0v) is 9.44. The minimum Gasteiger partial charge on any atom is -0.465 e. The van der Waals surface area contributed by atoms with Crippen molar-refractivity contribution >= 4 is 23.7 Å². The third-order valence-corrected chi connectivity index (χ3v) is 2.57. The number of nitrogens with one attached hydrogen (secondary N) is 1. The van der Waals surface area contributed by atoms with Crippen molar-refractivity contribution in [3.8, 4) is 0 Å². The first-order valence-electron chi connectivity index (χ1n) is 4.07. The Morgan fingerprint density at radius 1 is 1.27 bits per heavy atom. The van der Waals surface area contributed by atoms with Gasteiger partial charge in [-0.25, -0.2) is 9.59 Å². The van der Waals surface area contributed by atoms with Gasteiger partial charge in [-0.3, -0.25) is 0 Å². The maximum Gasteiger partial charge on any atom is 0.341 e. The molecule has 0 aliphatic rings. The topological polar surface area (TPSA) is 68.4 Å². The molecule has 0 spiro atoms. The van der Waals surface area contributed by atoms with E-state index < -0.39 is 11.9 Å². The fourth-order valence-corrected chi connectivity index (χ4v) is 1.72. The van der Waals surface area contributed by atoms with Crippen molar-refractivity contribution in [3.63, 3.8) is 0 Å². The highest BCUT2D eigenvalue weighted by Crippen LogP contribution is 2.23. The van der Waals surface area contributed by atoms with Crippen LogP contribution >= 0.6 is 11.8 Å². The highest BCUT2D eigenvalue weighted by Gasteiger charge is 2.23. The van der Waals surface area contributed by atoms with E-state index in [0.717, 1.165) is 0 Å². The van der Waals surface area contributed by atoms with Crippen LogP contribution in [0.3, 0.4) is 0 Å². The molecular weight excluding hydrogens is 218 g/mol. The average molecular weight is 229 g/mol. The van der Waals surface area contributed by atoms with Crippen molar-refractivity contribution in [3.05, 3.63) is 17.3 Å². The number of esters is 2. The Morgan fingerprint density at radius 2 is 1.87 bits per heavy atom. The third-order valence-electron chi connectivity index (χ3n) is 1.84. The summed E-state index contributed by atoms with van der Waals surface area (Å²) in [7, 11) is 2.52. The van der Waals surface area contributed by atoms with E-state index in [0.29, 0.717) is 5.03 Å². The summed E-state index contributed by atoms with van der Waals surface area (Å²) in [6, 6.07) is 0. The third kappa shape index (κ3) is 2.15. The number of thioether (sulfide) groups is 1. The van der Waals surface area contributed by atoms with Gasteiger partial charge in [0.25, 0.3) is 0 Å². The van der Waals surface area contributed by atoms with Gasteiger partial charge in [0, 0.05) is 6.20 Å². The molecule has 0 bridgehead atoms. The summed E-state index contributed by atoms with van der Waals surface area (Å²) in [5.74, 6) is -1.12. The van der Waals surface area contributed by atoms with Crippen LogP contribution < -0.4 is 0 Å². The molecule has 0 aliphatic heterocycles. The second kappa shape index (κ2) is 4.88. The number of hydrogen-bond acceptors (Lipinski definition) is 5. The van der Waals surface area contributed by atoms with Crippen molar-refractivity contribution in [2.24, 2.45) is 0 Å². The molecule has 0 atom stereocenters. The molecular formula is C9H11NO4S. The first-order chi connectivity index (χ1) is 7.15. The summed E-state index contributed by atoms with van der Waals surface area (Å²) in [5, 5.41) is 0.585. The molecule has 0 saturated carbocycles. The number of rotatable bonds is 3. The van der Waals surface area contributed by atoms with Gasteiger partial charge >= 0.3 is 11.9 Å². The number of aromatic amines is 1. The average Bonchev–Trinajstić information content (AvgIpc) is 2.70. The zero-order valence-electron chi connectivity index (χ0n) is 8.62. The SMILES string of the molecule is COC(=O)c1c[nH]c(SC)c1C(=O)OC. The van der Waals surface area contributed by atoms with Crippen LogP contribution in [-0.2, 0) is 9.47 Å². The first-order valence-corrected chi connectivity index (χ1v) is 5.30. The van der Waals surface area contributed by atoms with Crippen LogP contribution in [0.4, 0.5) is 0 Å². The lowest BCUT2D eigenvalue weighted by Crippen LogP contribution is -2.09. The summed E-state index contributed by atoms with van der Waals surface area (Å²) < 4.78 is 9.15. The second-order valence-corrected chi connectivity index (χ2v) is 3.41. The van der Waals surface area contributed by atoms with Crippen LogP contribution in [0.15, 0.2) is 11.2 Å². The van der Waals surface area contributed by atoms with Crippen LogP contribution in [0.25, 0.3) is 0 Å². The lowest BCUT2D eigenvalue weighted by atomic mass is 10.2. The quantitative estimate of drug-likeness (QED) is 0.625. The molecule has 0 amide bonds. The van der Waals surface area contributed by atoms with Crippen molar-refractivity contribution in [2.75, 3.05) is 20.5 Å². The zero-order chi connectivity index (χ0) is 11.4. The molecule has 0 fully saturated rings. The van der Waals surface area contributed by atoms with Crippen LogP contribution in [0.5, 0.6) is 0 Å². The van der Waals surface area contributed by atoms with E-state index in [1.165, 1.54) is 32.2 Å². The maximum atomic E-state index is 11.4. The van der Waals surface area contributed by atoms with Gasteiger partial charge in [-0.15, -0.1) is 11.8 Å². The number of hydrogen-bond donors (Lipinski definition) is 1. The van der Waals surface area contributed by atoms with E-state index in [2.05, 4.69) is 14.5 Å². The number of carbonyl (C=O) groups excluding carboxylic acids is 2. The van der Waals surface area contributed by atoms with Gasteiger partial charge in [-0.2, -0.15) is 0 Å². The Morgan fingerprint density at radius 3 is 2.33 bits per heavy atom. The predicted octanol–water partition coefficient (Wildman–Crippen LogP) is 1.31. The Hall–Kier alpha value is -1.43. The van der Waals surface area contributed by atoms with Crippen LogP contribution in [0, 0.1) is 0 Å². The smallest absolute Gasteiger partial charge is 0.341 e. The molecule has 1 heterocycles. The normalized spacial score (nSPS) is 9.80. The van der Waals surface area contributed by atoms with Gasteiger partial charge in [0.2, 0.25) is 0 Å². The molecule has 0 radical (unpaired) electrons. The molecule has 0 unspecified atom stereocenters. The van der Waals surface area contributed by atoms with Crippen molar-refractivity contribution in [1.82, 2.24) is 4.98 Å². The molecule has 0 saturated heterocycles. The van der Waals surface area contributed by atoms with Gasteiger partial charge < -0.3 is 14.5 Å². The highest BCUT2D eigenvalue weighted by molar-refractivity contribution is 7.98. The summed E-state index contributed by atoms with van der Waals surface area (Å²) >= 11 is 1.32. The highest BCUT2D eigenvalue weighted by atomic mass is 32.2. The van der Waals surface area contributed by atoms with E-state index >= 15 is 0 Å². The van der Waals surface area contributed by atoms with Crippen LogP contribution in [0.2, 0.25) is 0 Å². The monoisotopic (exact) mass is 229 g/mol. The molecule has 1 aromatic heterocycles. The second-order valence-electron chi connectivity index (χ2n) is 2.59. The summed E-state index contributed by atoms with van der Waals surface area (Å²) in [4.78, 5) is 25.6. The van der Waals surface area contributed by atoms with Crippen LogP contribution in [-0.4, -0.2) is 37.4 Å².